The summed E-state index contributed by atoms with van der Waals surface area (Å²) in [7, 11) is 1.79. The first-order valence-corrected chi connectivity index (χ1v) is 5.63. The van der Waals surface area contributed by atoms with Crippen molar-refractivity contribution in [1.82, 2.24) is 15.1 Å². The molecule has 0 spiro atoms. The Bertz CT molecular complexity index is 575. The summed E-state index contributed by atoms with van der Waals surface area (Å²) < 4.78 is 1.65. The number of rotatable bonds is 3. The minimum absolute atomic E-state index is 0.181. The standard InChI is InChI=1S/C13H15N3O2/c1-9-11(8-15-16(9)2)13(18)14-7-10-5-3-4-6-12(10)17/h3-6,8,17H,7H2,1-2H3,(H,14,18). The zero-order valence-corrected chi connectivity index (χ0v) is 10.3. The number of nitrogens with zero attached hydrogens (tertiary/aromatic N) is 2. The molecular formula is C13H15N3O2. The van der Waals surface area contributed by atoms with Gasteiger partial charge in [0, 0.05) is 24.8 Å². The molecule has 0 aliphatic rings. The molecule has 1 aromatic carbocycles. The highest BCUT2D eigenvalue weighted by Crippen LogP contribution is 2.15. The van der Waals surface area contributed by atoms with Crippen LogP contribution in [-0.2, 0) is 13.6 Å². The van der Waals surface area contributed by atoms with Gasteiger partial charge in [-0.05, 0) is 13.0 Å². The van der Waals surface area contributed by atoms with E-state index in [1.54, 1.807) is 29.9 Å². The highest BCUT2D eigenvalue weighted by molar-refractivity contribution is 5.95. The predicted octanol–water partition coefficient (Wildman–Crippen LogP) is 1.36. The van der Waals surface area contributed by atoms with Gasteiger partial charge < -0.3 is 10.4 Å². The largest absolute Gasteiger partial charge is 0.508 e. The third kappa shape index (κ3) is 2.34. The molecule has 5 nitrogen and oxygen atoms in total. The number of phenols is 1. The molecule has 0 bridgehead atoms. The summed E-state index contributed by atoms with van der Waals surface area (Å²) in [6.07, 6.45) is 1.54. The molecule has 0 saturated heterocycles. The predicted molar refractivity (Wildman–Crippen MR) is 67.2 cm³/mol. The van der Waals surface area contributed by atoms with Crippen molar-refractivity contribution in [3.63, 3.8) is 0 Å². The molecule has 94 valence electrons. The number of carbonyl (C=O) groups excluding carboxylic acids is 1. The molecule has 0 aliphatic carbocycles. The van der Waals surface area contributed by atoms with Crippen molar-refractivity contribution >= 4 is 5.91 Å². The average Bonchev–Trinajstić information content (AvgIpc) is 2.69. The fourth-order valence-electron chi connectivity index (χ4n) is 1.65. The van der Waals surface area contributed by atoms with E-state index in [1.165, 1.54) is 6.20 Å². The zero-order chi connectivity index (χ0) is 13.1. The molecule has 1 aromatic heterocycles. The van der Waals surface area contributed by atoms with Crippen LogP contribution >= 0.6 is 0 Å². The Morgan fingerprint density at radius 1 is 1.44 bits per heavy atom. The van der Waals surface area contributed by atoms with Gasteiger partial charge in [-0.3, -0.25) is 9.48 Å². The van der Waals surface area contributed by atoms with Gasteiger partial charge >= 0.3 is 0 Å². The fourth-order valence-corrected chi connectivity index (χ4v) is 1.65. The third-order valence-electron chi connectivity index (χ3n) is 2.91. The SMILES string of the molecule is Cc1c(C(=O)NCc2ccccc2O)cnn1C. The quantitative estimate of drug-likeness (QED) is 0.858. The highest BCUT2D eigenvalue weighted by atomic mass is 16.3. The van der Waals surface area contributed by atoms with E-state index in [2.05, 4.69) is 10.4 Å². The van der Waals surface area contributed by atoms with Crippen LogP contribution in [0.15, 0.2) is 30.5 Å². The first-order chi connectivity index (χ1) is 8.59. The van der Waals surface area contributed by atoms with E-state index in [4.69, 9.17) is 0 Å². The molecule has 1 amide bonds. The first-order valence-electron chi connectivity index (χ1n) is 5.63. The number of hydrogen-bond acceptors (Lipinski definition) is 3. The number of amides is 1. The summed E-state index contributed by atoms with van der Waals surface area (Å²) in [5.41, 5.74) is 2.05. The maximum atomic E-state index is 11.9. The average molecular weight is 245 g/mol. The molecule has 18 heavy (non-hydrogen) atoms. The summed E-state index contributed by atoms with van der Waals surface area (Å²) in [6.45, 7) is 2.13. The number of hydrogen-bond donors (Lipinski definition) is 2. The van der Waals surface area contributed by atoms with Crippen molar-refractivity contribution in [2.75, 3.05) is 0 Å². The second-order valence-corrected chi connectivity index (χ2v) is 4.08. The van der Waals surface area contributed by atoms with Crippen molar-refractivity contribution < 1.29 is 9.90 Å². The molecule has 0 radical (unpaired) electrons. The van der Waals surface area contributed by atoms with E-state index in [-0.39, 0.29) is 11.7 Å². The summed E-state index contributed by atoms with van der Waals surface area (Å²) >= 11 is 0. The van der Waals surface area contributed by atoms with Crippen LogP contribution in [-0.4, -0.2) is 20.8 Å². The molecular weight excluding hydrogens is 230 g/mol. The van der Waals surface area contributed by atoms with Gasteiger partial charge in [0.2, 0.25) is 0 Å². The van der Waals surface area contributed by atoms with Crippen LogP contribution in [0.4, 0.5) is 0 Å². The van der Waals surface area contributed by atoms with Crippen molar-refractivity contribution in [1.29, 1.82) is 0 Å². The van der Waals surface area contributed by atoms with Gasteiger partial charge in [-0.1, -0.05) is 18.2 Å². The lowest BCUT2D eigenvalue weighted by atomic mass is 10.2. The van der Waals surface area contributed by atoms with E-state index >= 15 is 0 Å². The van der Waals surface area contributed by atoms with Crippen LogP contribution in [0.1, 0.15) is 21.6 Å². The molecule has 0 atom stereocenters. The molecule has 0 saturated carbocycles. The molecule has 2 rings (SSSR count). The number of phenolic OH excluding ortho intramolecular Hbond substituents is 1. The summed E-state index contributed by atoms with van der Waals surface area (Å²) in [5, 5.41) is 16.4. The van der Waals surface area contributed by atoms with Gasteiger partial charge in [0.1, 0.15) is 5.75 Å². The highest BCUT2D eigenvalue weighted by Gasteiger charge is 2.12. The number of para-hydroxylation sites is 1. The van der Waals surface area contributed by atoms with E-state index < -0.39 is 0 Å². The van der Waals surface area contributed by atoms with Crippen molar-refractivity contribution in [2.24, 2.45) is 7.05 Å². The van der Waals surface area contributed by atoms with Crippen molar-refractivity contribution in [2.45, 2.75) is 13.5 Å². The van der Waals surface area contributed by atoms with Crippen LogP contribution in [0.3, 0.4) is 0 Å². The Hall–Kier alpha value is -2.30. The second kappa shape index (κ2) is 4.91. The lowest BCUT2D eigenvalue weighted by molar-refractivity contribution is 0.0950. The maximum absolute atomic E-state index is 11.9. The van der Waals surface area contributed by atoms with Gasteiger partial charge in [-0.15, -0.1) is 0 Å². The number of carbonyl (C=O) groups is 1. The van der Waals surface area contributed by atoms with Crippen molar-refractivity contribution in [3.8, 4) is 5.75 Å². The Labute approximate surface area is 105 Å². The van der Waals surface area contributed by atoms with Gasteiger partial charge in [0.05, 0.1) is 11.8 Å². The minimum Gasteiger partial charge on any atom is -0.508 e. The lowest BCUT2D eigenvalue weighted by Gasteiger charge is -2.06. The fraction of sp³-hybridized carbons (Fsp3) is 0.231. The lowest BCUT2D eigenvalue weighted by Crippen LogP contribution is -2.23. The topological polar surface area (TPSA) is 67.2 Å². The molecule has 2 N–H and O–H groups in total. The van der Waals surface area contributed by atoms with Gasteiger partial charge in [-0.25, -0.2) is 0 Å². The Morgan fingerprint density at radius 2 is 2.17 bits per heavy atom. The zero-order valence-electron chi connectivity index (χ0n) is 10.3. The van der Waals surface area contributed by atoms with Crippen LogP contribution in [0, 0.1) is 6.92 Å². The molecule has 1 heterocycles. The van der Waals surface area contributed by atoms with E-state index in [1.807, 2.05) is 13.0 Å². The monoisotopic (exact) mass is 245 g/mol. The Kier molecular flexibility index (Phi) is 3.32. The van der Waals surface area contributed by atoms with E-state index in [0.29, 0.717) is 17.7 Å². The van der Waals surface area contributed by atoms with Gasteiger partial charge in [0.15, 0.2) is 0 Å². The molecule has 0 unspecified atom stereocenters. The number of aryl methyl sites for hydroxylation is 1. The number of nitrogens with one attached hydrogen (secondary N) is 1. The van der Waals surface area contributed by atoms with Crippen LogP contribution in [0.2, 0.25) is 0 Å². The van der Waals surface area contributed by atoms with Crippen LogP contribution in [0.5, 0.6) is 5.75 Å². The number of aromatic nitrogens is 2. The molecule has 0 fully saturated rings. The number of benzene rings is 1. The van der Waals surface area contributed by atoms with Crippen LogP contribution < -0.4 is 5.32 Å². The normalized spacial score (nSPS) is 10.3. The van der Waals surface area contributed by atoms with E-state index in [0.717, 1.165) is 5.69 Å². The molecule has 0 aliphatic heterocycles. The summed E-state index contributed by atoms with van der Waals surface area (Å²) in [6, 6.07) is 6.92. The summed E-state index contributed by atoms with van der Waals surface area (Å²) in [4.78, 5) is 11.9. The number of aromatic hydroxyl groups is 1. The van der Waals surface area contributed by atoms with Crippen molar-refractivity contribution in [3.05, 3.63) is 47.3 Å². The first kappa shape index (κ1) is 12.2. The van der Waals surface area contributed by atoms with Crippen LogP contribution in [0.25, 0.3) is 0 Å². The Balaban J connectivity index is 2.05. The maximum Gasteiger partial charge on any atom is 0.255 e. The third-order valence-corrected chi connectivity index (χ3v) is 2.91. The van der Waals surface area contributed by atoms with Gasteiger partial charge in [-0.2, -0.15) is 5.10 Å². The molecule has 5 heteroatoms. The second-order valence-electron chi connectivity index (χ2n) is 4.08. The van der Waals surface area contributed by atoms with E-state index in [9.17, 15) is 9.90 Å². The smallest absolute Gasteiger partial charge is 0.255 e. The minimum atomic E-state index is -0.191. The summed E-state index contributed by atoms with van der Waals surface area (Å²) in [5.74, 6) is -0.00967. The molecule has 2 aromatic rings. The van der Waals surface area contributed by atoms with Gasteiger partial charge in [0.25, 0.3) is 5.91 Å². The Morgan fingerprint density at radius 3 is 2.78 bits per heavy atom.